The van der Waals surface area contributed by atoms with Gasteiger partial charge in [0.2, 0.25) is 0 Å². The molecule has 20 heavy (non-hydrogen) atoms. The van der Waals surface area contributed by atoms with Crippen LogP contribution in [0.1, 0.15) is 11.1 Å². The third-order valence-electron chi connectivity index (χ3n) is 3.30. The smallest absolute Gasteiger partial charge is 0.118 e. The van der Waals surface area contributed by atoms with Crippen LogP contribution in [0.15, 0.2) is 54.6 Å². The molecule has 2 aromatic rings. The standard InChI is InChI=1S/C17H21NO2/c1-20-17-9-7-15(8-10-17)12-18-16(13-19)11-14-5-3-2-4-6-14/h2-10,16,18-19H,11-13H2,1H3/t16-/m1/s1. The van der Waals surface area contributed by atoms with Crippen molar-refractivity contribution in [1.29, 1.82) is 0 Å². The molecule has 2 rings (SSSR count). The number of rotatable bonds is 7. The summed E-state index contributed by atoms with van der Waals surface area (Å²) in [5, 5.41) is 12.8. The number of ether oxygens (including phenoxy) is 1. The van der Waals surface area contributed by atoms with Crippen molar-refractivity contribution < 1.29 is 9.84 Å². The van der Waals surface area contributed by atoms with Crippen molar-refractivity contribution in [2.75, 3.05) is 13.7 Å². The number of hydrogen-bond donors (Lipinski definition) is 2. The average molecular weight is 271 g/mol. The van der Waals surface area contributed by atoms with E-state index < -0.39 is 0 Å². The van der Waals surface area contributed by atoms with Crippen LogP contribution >= 0.6 is 0 Å². The maximum atomic E-state index is 9.47. The number of nitrogens with one attached hydrogen (secondary N) is 1. The van der Waals surface area contributed by atoms with Gasteiger partial charge in [-0.1, -0.05) is 42.5 Å². The minimum atomic E-state index is 0.0690. The van der Waals surface area contributed by atoms with Crippen LogP contribution in [0.2, 0.25) is 0 Å². The summed E-state index contributed by atoms with van der Waals surface area (Å²) in [6.45, 7) is 0.868. The van der Waals surface area contributed by atoms with E-state index in [1.54, 1.807) is 7.11 Å². The molecule has 0 amide bonds. The van der Waals surface area contributed by atoms with E-state index in [9.17, 15) is 5.11 Å². The van der Waals surface area contributed by atoms with E-state index in [2.05, 4.69) is 17.4 Å². The van der Waals surface area contributed by atoms with Crippen LogP contribution in [0.25, 0.3) is 0 Å². The van der Waals surface area contributed by atoms with Gasteiger partial charge in [-0.15, -0.1) is 0 Å². The molecule has 3 nitrogen and oxygen atoms in total. The average Bonchev–Trinajstić information content (AvgIpc) is 2.53. The van der Waals surface area contributed by atoms with E-state index in [1.165, 1.54) is 11.1 Å². The quantitative estimate of drug-likeness (QED) is 0.812. The summed E-state index contributed by atoms with van der Waals surface area (Å²) in [5.41, 5.74) is 2.41. The van der Waals surface area contributed by atoms with Gasteiger partial charge in [-0.3, -0.25) is 0 Å². The summed E-state index contributed by atoms with van der Waals surface area (Å²) >= 11 is 0. The van der Waals surface area contributed by atoms with Crippen molar-refractivity contribution in [2.45, 2.75) is 19.0 Å². The van der Waals surface area contributed by atoms with Gasteiger partial charge >= 0.3 is 0 Å². The molecule has 0 unspecified atom stereocenters. The molecule has 0 aliphatic rings. The SMILES string of the molecule is COc1ccc(CN[C@@H](CO)Cc2ccccc2)cc1. The highest BCUT2D eigenvalue weighted by molar-refractivity contribution is 5.27. The Hall–Kier alpha value is -1.84. The van der Waals surface area contributed by atoms with Crippen LogP contribution in [-0.2, 0) is 13.0 Å². The number of methoxy groups -OCH3 is 1. The Labute approximate surface area is 120 Å². The molecule has 0 radical (unpaired) electrons. The largest absolute Gasteiger partial charge is 0.497 e. The van der Waals surface area contributed by atoms with Gasteiger partial charge in [0.15, 0.2) is 0 Å². The Bertz CT molecular complexity index is 496. The van der Waals surface area contributed by atoms with E-state index in [1.807, 2.05) is 42.5 Å². The third kappa shape index (κ3) is 4.37. The second kappa shape index (κ2) is 7.68. The summed E-state index contributed by atoms with van der Waals surface area (Å²) in [7, 11) is 1.66. The highest BCUT2D eigenvalue weighted by Crippen LogP contribution is 2.11. The van der Waals surface area contributed by atoms with Gasteiger partial charge in [0, 0.05) is 12.6 Å². The molecular formula is C17H21NO2. The predicted octanol–water partition coefficient (Wildman–Crippen LogP) is 2.39. The molecule has 0 bridgehead atoms. The van der Waals surface area contributed by atoms with Gasteiger partial charge in [0.1, 0.15) is 5.75 Å². The van der Waals surface area contributed by atoms with Crippen molar-refractivity contribution in [3.8, 4) is 5.75 Å². The van der Waals surface area contributed by atoms with Crippen LogP contribution in [0.3, 0.4) is 0 Å². The maximum absolute atomic E-state index is 9.47. The second-order valence-corrected chi connectivity index (χ2v) is 4.80. The van der Waals surface area contributed by atoms with Gasteiger partial charge < -0.3 is 15.2 Å². The Balaban J connectivity index is 1.86. The summed E-state index contributed by atoms with van der Waals surface area (Å²) in [4.78, 5) is 0. The lowest BCUT2D eigenvalue weighted by Crippen LogP contribution is -2.34. The van der Waals surface area contributed by atoms with E-state index in [0.717, 1.165) is 18.7 Å². The van der Waals surface area contributed by atoms with Crippen molar-refractivity contribution in [3.05, 3.63) is 65.7 Å². The molecule has 0 heterocycles. The topological polar surface area (TPSA) is 41.5 Å². The fraction of sp³-hybridized carbons (Fsp3) is 0.294. The maximum Gasteiger partial charge on any atom is 0.118 e. The number of aliphatic hydroxyl groups is 1. The van der Waals surface area contributed by atoms with Crippen molar-refractivity contribution in [1.82, 2.24) is 5.32 Å². The van der Waals surface area contributed by atoms with Crippen LogP contribution in [-0.4, -0.2) is 24.9 Å². The van der Waals surface area contributed by atoms with Gasteiger partial charge in [-0.05, 0) is 29.7 Å². The Kier molecular flexibility index (Phi) is 5.59. The molecular weight excluding hydrogens is 250 g/mol. The molecule has 0 saturated carbocycles. The summed E-state index contributed by atoms with van der Waals surface area (Å²) in [6, 6.07) is 18.2. The van der Waals surface area contributed by atoms with E-state index in [0.29, 0.717) is 0 Å². The molecule has 1 atom stereocenters. The number of aliphatic hydroxyl groups excluding tert-OH is 1. The van der Waals surface area contributed by atoms with E-state index in [4.69, 9.17) is 4.74 Å². The zero-order valence-electron chi connectivity index (χ0n) is 11.8. The first-order chi connectivity index (χ1) is 9.81. The number of benzene rings is 2. The summed E-state index contributed by atoms with van der Waals surface area (Å²) in [5.74, 6) is 0.858. The molecule has 0 aliphatic carbocycles. The van der Waals surface area contributed by atoms with E-state index >= 15 is 0 Å². The highest BCUT2D eigenvalue weighted by atomic mass is 16.5. The first kappa shape index (κ1) is 14.6. The Morgan fingerprint density at radius 2 is 1.70 bits per heavy atom. The summed E-state index contributed by atoms with van der Waals surface area (Å²) < 4.78 is 5.13. The molecule has 3 heteroatoms. The first-order valence-electron chi connectivity index (χ1n) is 6.83. The molecule has 0 spiro atoms. The second-order valence-electron chi connectivity index (χ2n) is 4.80. The van der Waals surface area contributed by atoms with Crippen LogP contribution in [0.5, 0.6) is 5.75 Å². The van der Waals surface area contributed by atoms with Gasteiger partial charge in [0.05, 0.1) is 13.7 Å². The monoisotopic (exact) mass is 271 g/mol. The van der Waals surface area contributed by atoms with Crippen molar-refractivity contribution in [3.63, 3.8) is 0 Å². The molecule has 0 fully saturated rings. The van der Waals surface area contributed by atoms with Gasteiger partial charge in [0.25, 0.3) is 0 Å². The minimum Gasteiger partial charge on any atom is -0.497 e. The molecule has 106 valence electrons. The normalized spacial score (nSPS) is 12.1. The van der Waals surface area contributed by atoms with Gasteiger partial charge in [-0.25, -0.2) is 0 Å². The molecule has 2 N–H and O–H groups in total. The fourth-order valence-corrected chi connectivity index (χ4v) is 2.11. The third-order valence-corrected chi connectivity index (χ3v) is 3.30. The zero-order chi connectivity index (χ0) is 14.2. The molecule has 0 aromatic heterocycles. The Morgan fingerprint density at radius 3 is 2.30 bits per heavy atom. The van der Waals surface area contributed by atoms with E-state index in [-0.39, 0.29) is 12.6 Å². The van der Waals surface area contributed by atoms with Gasteiger partial charge in [-0.2, -0.15) is 0 Å². The lowest BCUT2D eigenvalue weighted by Gasteiger charge is -2.16. The fourth-order valence-electron chi connectivity index (χ4n) is 2.11. The lowest BCUT2D eigenvalue weighted by molar-refractivity contribution is 0.241. The predicted molar refractivity (Wildman–Crippen MR) is 80.9 cm³/mol. The Morgan fingerprint density at radius 1 is 1.00 bits per heavy atom. The highest BCUT2D eigenvalue weighted by Gasteiger charge is 2.07. The lowest BCUT2D eigenvalue weighted by atomic mass is 10.1. The first-order valence-corrected chi connectivity index (χ1v) is 6.83. The summed E-state index contributed by atoms with van der Waals surface area (Å²) in [6.07, 6.45) is 0.827. The molecule has 0 aliphatic heterocycles. The zero-order valence-corrected chi connectivity index (χ0v) is 11.8. The van der Waals surface area contributed by atoms with Crippen LogP contribution in [0.4, 0.5) is 0 Å². The molecule has 0 saturated heterocycles. The van der Waals surface area contributed by atoms with Crippen LogP contribution < -0.4 is 10.1 Å². The van der Waals surface area contributed by atoms with Crippen LogP contribution in [0, 0.1) is 0 Å². The van der Waals surface area contributed by atoms with Crippen molar-refractivity contribution in [2.24, 2.45) is 0 Å². The number of hydrogen-bond acceptors (Lipinski definition) is 3. The molecule has 2 aromatic carbocycles. The van der Waals surface area contributed by atoms with Crippen molar-refractivity contribution >= 4 is 0 Å². The minimum absolute atomic E-state index is 0.0690.